The van der Waals surface area contributed by atoms with Crippen LogP contribution in [-0.2, 0) is 4.74 Å². The fraction of sp³-hybridized carbons (Fsp3) is 0.632. The summed E-state index contributed by atoms with van der Waals surface area (Å²) in [6.45, 7) is 9.79. The van der Waals surface area contributed by atoms with Gasteiger partial charge in [-0.3, -0.25) is 0 Å². The fourth-order valence-corrected chi connectivity index (χ4v) is 4.18. The van der Waals surface area contributed by atoms with Crippen molar-refractivity contribution in [2.45, 2.75) is 78.0 Å². The molecule has 3 rings (SSSR count). The van der Waals surface area contributed by atoms with Gasteiger partial charge in [0.05, 0.1) is 5.39 Å². The zero-order valence-corrected chi connectivity index (χ0v) is 16.9. The number of nitrogens with one attached hydrogen (secondary N) is 1. The van der Waals surface area contributed by atoms with Gasteiger partial charge in [-0.1, -0.05) is 0 Å². The van der Waals surface area contributed by atoms with Crippen LogP contribution in [0.25, 0.3) is 10.2 Å². The van der Waals surface area contributed by atoms with Gasteiger partial charge >= 0.3 is 6.09 Å². The first-order valence-electron chi connectivity index (χ1n) is 9.10. The van der Waals surface area contributed by atoms with E-state index < -0.39 is 5.60 Å². The smallest absolute Gasteiger partial charge is 0.407 e. The van der Waals surface area contributed by atoms with Crippen LogP contribution >= 0.6 is 11.3 Å². The third-order valence-corrected chi connectivity index (χ3v) is 5.72. The number of alkyl carbamates (subject to hydrolysis) is 1. The second-order valence-electron chi connectivity index (χ2n) is 7.88. The van der Waals surface area contributed by atoms with Crippen LogP contribution in [0, 0.1) is 13.8 Å². The van der Waals surface area contributed by atoms with Crippen LogP contribution in [0.5, 0.6) is 5.88 Å². The highest BCUT2D eigenvalue weighted by atomic mass is 32.1. The first-order chi connectivity index (χ1) is 12.2. The molecule has 1 aliphatic rings. The number of ether oxygens (including phenoxy) is 2. The van der Waals surface area contributed by atoms with E-state index in [1.807, 2.05) is 20.8 Å². The summed E-state index contributed by atoms with van der Waals surface area (Å²) >= 11 is 1.67. The Bertz CT molecular complexity index is 789. The summed E-state index contributed by atoms with van der Waals surface area (Å²) in [6, 6.07) is 0.139. The summed E-state index contributed by atoms with van der Waals surface area (Å²) in [4.78, 5) is 22.9. The van der Waals surface area contributed by atoms with Gasteiger partial charge < -0.3 is 14.8 Å². The topological polar surface area (TPSA) is 73.3 Å². The Morgan fingerprint density at radius 3 is 2.54 bits per heavy atom. The Kier molecular flexibility index (Phi) is 5.37. The molecule has 0 aliphatic heterocycles. The molecule has 0 saturated heterocycles. The number of carbonyl (C=O) groups excluding carboxylic acids is 1. The SMILES string of the molecule is Cc1sc2ncnc(OC3CCC(NC(=O)OC(C)(C)C)CC3)c2c1C. The quantitative estimate of drug-likeness (QED) is 0.851. The van der Waals surface area contributed by atoms with E-state index in [2.05, 4.69) is 29.1 Å². The highest BCUT2D eigenvalue weighted by Gasteiger charge is 2.26. The zero-order valence-electron chi connectivity index (χ0n) is 16.1. The average Bonchev–Trinajstić information content (AvgIpc) is 2.83. The van der Waals surface area contributed by atoms with Crippen molar-refractivity contribution in [3.63, 3.8) is 0 Å². The van der Waals surface area contributed by atoms with Gasteiger partial charge in [-0.2, -0.15) is 0 Å². The molecule has 1 amide bonds. The lowest BCUT2D eigenvalue weighted by Gasteiger charge is -2.30. The van der Waals surface area contributed by atoms with Crippen molar-refractivity contribution in [1.82, 2.24) is 15.3 Å². The molecule has 7 heteroatoms. The second-order valence-corrected chi connectivity index (χ2v) is 9.08. The van der Waals surface area contributed by atoms with Crippen molar-refractivity contribution in [1.29, 1.82) is 0 Å². The number of aromatic nitrogens is 2. The number of thiophene rings is 1. The zero-order chi connectivity index (χ0) is 18.9. The van der Waals surface area contributed by atoms with Crippen LogP contribution in [0.4, 0.5) is 4.79 Å². The minimum atomic E-state index is -0.473. The molecule has 26 heavy (non-hydrogen) atoms. The highest BCUT2D eigenvalue weighted by molar-refractivity contribution is 7.18. The van der Waals surface area contributed by atoms with E-state index in [4.69, 9.17) is 9.47 Å². The van der Waals surface area contributed by atoms with Crippen LogP contribution in [0.3, 0.4) is 0 Å². The van der Waals surface area contributed by atoms with Crippen molar-refractivity contribution in [2.75, 3.05) is 0 Å². The van der Waals surface area contributed by atoms with Crippen LogP contribution < -0.4 is 10.1 Å². The first-order valence-corrected chi connectivity index (χ1v) is 9.91. The summed E-state index contributed by atoms with van der Waals surface area (Å²) in [6.07, 6.45) is 4.86. The summed E-state index contributed by atoms with van der Waals surface area (Å²) < 4.78 is 11.5. The molecule has 0 spiro atoms. The molecule has 2 aromatic heterocycles. The van der Waals surface area contributed by atoms with E-state index in [1.54, 1.807) is 17.7 Å². The lowest BCUT2D eigenvalue weighted by atomic mass is 9.93. The summed E-state index contributed by atoms with van der Waals surface area (Å²) in [5.41, 5.74) is 0.722. The van der Waals surface area contributed by atoms with Gasteiger partial charge in [0.2, 0.25) is 5.88 Å². The third kappa shape index (κ3) is 4.44. The van der Waals surface area contributed by atoms with Crippen molar-refractivity contribution < 1.29 is 14.3 Å². The summed E-state index contributed by atoms with van der Waals surface area (Å²) in [5, 5.41) is 3.99. The number of aryl methyl sites for hydroxylation is 2. The van der Waals surface area contributed by atoms with Crippen molar-refractivity contribution >= 4 is 27.6 Å². The van der Waals surface area contributed by atoms with Gasteiger partial charge in [-0.25, -0.2) is 14.8 Å². The normalized spacial score (nSPS) is 20.8. The van der Waals surface area contributed by atoms with Crippen molar-refractivity contribution in [3.05, 3.63) is 16.8 Å². The molecule has 1 fully saturated rings. The number of carbonyl (C=O) groups is 1. The number of fused-ring (bicyclic) bond motifs is 1. The van der Waals surface area contributed by atoms with Gasteiger partial charge in [0.25, 0.3) is 0 Å². The van der Waals surface area contributed by atoms with E-state index in [0.717, 1.165) is 35.9 Å². The predicted octanol–water partition coefficient (Wildman–Crippen LogP) is 4.52. The molecule has 2 heterocycles. The van der Waals surface area contributed by atoms with E-state index >= 15 is 0 Å². The number of hydrogen-bond acceptors (Lipinski definition) is 6. The molecule has 1 saturated carbocycles. The third-order valence-electron chi connectivity index (χ3n) is 4.60. The van der Waals surface area contributed by atoms with Gasteiger partial charge in [0.1, 0.15) is 22.9 Å². The molecule has 6 nitrogen and oxygen atoms in total. The minimum absolute atomic E-state index is 0.115. The maximum atomic E-state index is 11.9. The van der Waals surface area contributed by atoms with E-state index in [0.29, 0.717) is 5.88 Å². The molecule has 2 aromatic rings. The van der Waals surface area contributed by atoms with Crippen LogP contribution in [0.15, 0.2) is 6.33 Å². The summed E-state index contributed by atoms with van der Waals surface area (Å²) in [5.74, 6) is 0.681. The molecule has 1 aliphatic carbocycles. The van der Waals surface area contributed by atoms with Gasteiger partial charge in [0, 0.05) is 10.9 Å². The first kappa shape index (κ1) is 18.9. The van der Waals surface area contributed by atoms with Crippen molar-refractivity contribution in [2.24, 2.45) is 0 Å². The molecule has 0 atom stereocenters. The monoisotopic (exact) mass is 377 g/mol. The van der Waals surface area contributed by atoms with Gasteiger partial charge in [-0.15, -0.1) is 11.3 Å². The Hall–Kier alpha value is -1.89. The molecule has 142 valence electrons. The summed E-state index contributed by atoms with van der Waals surface area (Å²) in [7, 11) is 0. The standard InChI is InChI=1S/C19H27N3O3S/c1-11-12(2)26-17-15(11)16(20-10-21-17)24-14-8-6-13(7-9-14)22-18(23)25-19(3,4)5/h10,13-14H,6-9H2,1-5H3,(H,22,23). The van der Waals surface area contributed by atoms with Crippen LogP contribution in [0.1, 0.15) is 56.9 Å². The lowest BCUT2D eigenvalue weighted by Crippen LogP contribution is -2.42. The molecular weight excluding hydrogens is 350 g/mol. The van der Waals surface area contributed by atoms with E-state index in [1.165, 1.54) is 10.4 Å². The Labute approximate surface area is 158 Å². The molecule has 1 N–H and O–H groups in total. The molecule has 0 aromatic carbocycles. The van der Waals surface area contributed by atoms with Crippen molar-refractivity contribution in [3.8, 4) is 5.88 Å². The highest BCUT2D eigenvalue weighted by Crippen LogP contribution is 2.35. The molecular formula is C19H27N3O3S. The minimum Gasteiger partial charge on any atom is -0.474 e. The molecule has 0 radical (unpaired) electrons. The Balaban J connectivity index is 1.57. The van der Waals surface area contributed by atoms with Crippen LogP contribution in [0.2, 0.25) is 0 Å². The Morgan fingerprint density at radius 2 is 1.88 bits per heavy atom. The largest absolute Gasteiger partial charge is 0.474 e. The van der Waals surface area contributed by atoms with E-state index in [-0.39, 0.29) is 18.2 Å². The van der Waals surface area contributed by atoms with E-state index in [9.17, 15) is 4.79 Å². The number of amides is 1. The second kappa shape index (κ2) is 7.39. The lowest BCUT2D eigenvalue weighted by molar-refractivity contribution is 0.0470. The predicted molar refractivity (Wildman–Crippen MR) is 103 cm³/mol. The molecule has 0 unspecified atom stereocenters. The van der Waals surface area contributed by atoms with Gasteiger partial charge in [0.15, 0.2) is 0 Å². The molecule has 0 bridgehead atoms. The average molecular weight is 378 g/mol. The van der Waals surface area contributed by atoms with Gasteiger partial charge in [-0.05, 0) is 65.9 Å². The number of nitrogens with zero attached hydrogens (tertiary/aromatic N) is 2. The fourth-order valence-electron chi connectivity index (χ4n) is 3.20. The van der Waals surface area contributed by atoms with Crippen LogP contribution in [-0.4, -0.2) is 33.8 Å². The Morgan fingerprint density at radius 1 is 1.19 bits per heavy atom. The number of rotatable bonds is 3. The number of hydrogen-bond donors (Lipinski definition) is 1. The maximum absolute atomic E-state index is 11.9. The maximum Gasteiger partial charge on any atom is 0.407 e.